The first-order valence-electron chi connectivity index (χ1n) is 8.71. The summed E-state index contributed by atoms with van der Waals surface area (Å²) in [6.45, 7) is 1.50. The summed E-state index contributed by atoms with van der Waals surface area (Å²) in [5.41, 5.74) is 1.48. The van der Waals surface area contributed by atoms with Crippen molar-refractivity contribution >= 4 is 22.8 Å². The third-order valence-corrected chi connectivity index (χ3v) is 4.11. The molecule has 1 N–H and O–H groups in total. The zero-order valence-corrected chi connectivity index (χ0v) is 15.1. The molecule has 0 aliphatic heterocycles. The zero-order valence-electron chi connectivity index (χ0n) is 15.1. The molecular formula is C21H18NO6-. The van der Waals surface area contributed by atoms with E-state index < -0.39 is 23.6 Å². The van der Waals surface area contributed by atoms with Gasteiger partial charge in [-0.05, 0) is 30.2 Å². The normalized spacial score (nSPS) is 11.8. The van der Waals surface area contributed by atoms with Gasteiger partial charge in [0.05, 0.1) is 0 Å². The Balaban J connectivity index is 1.82. The van der Waals surface area contributed by atoms with Gasteiger partial charge in [-0.25, -0.2) is 4.79 Å². The van der Waals surface area contributed by atoms with Gasteiger partial charge in [-0.2, -0.15) is 0 Å². The van der Waals surface area contributed by atoms with E-state index in [2.05, 4.69) is 5.32 Å². The number of carbonyl (C=O) groups is 2. The molecule has 0 bridgehead atoms. The van der Waals surface area contributed by atoms with Crippen LogP contribution in [0.3, 0.4) is 0 Å². The molecule has 7 heteroatoms. The lowest BCUT2D eigenvalue weighted by atomic mass is 10.0. The lowest BCUT2D eigenvalue weighted by Gasteiger charge is -2.15. The summed E-state index contributed by atoms with van der Waals surface area (Å²) in [5, 5.41) is 13.6. The highest BCUT2D eigenvalue weighted by Crippen LogP contribution is 2.29. The second kappa shape index (κ2) is 8.39. The second-order valence-electron chi connectivity index (χ2n) is 6.18. The maximum atomic E-state index is 12.0. The van der Waals surface area contributed by atoms with E-state index in [-0.39, 0.29) is 13.0 Å². The molecule has 3 rings (SSSR count). The lowest BCUT2D eigenvalue weighted by molar-refractivity contribution is -0.305. The number of carbonyl (C=O) groups excluding carboxylic acids is 2. The van der Waals surface area contributed by atoms with Crippen molar-refractivity contribution in [3.05, 3.63) is 65.0 Å². The Labute approximate surface area is 160 Å². The van der Waals surface area contributed by atoms with E-state index in [1.807, 2.05) is 30.3 Å². The van der Waals surface area contributed by atoms with Gasteiger partial charge in [-0.3, -0.25) is 4.79 Å². The average Bonchev–Trinajstić information content (AvgIpc) is 2.67. The van der Waals surface area contributed by atoms with E-state index in [0.717, 1.165) is 16.5 Å². The molecule has 0 fully saturated rings. The molecule has 0 aliphatic rings. The van der Waals surface area contributed by atoms with Gasteiger partial charge in [0.1, 0.15) is 11.3 Å². The molecule has 0 unspecified atom stereocenters. The van der Waals surface area contributed by atoms with Crippen LogP contribution in [0, 0.1) is 0 Å². The number of carboxylic acids is 1. The van der Waals surface area contributed by atoms with Gasteiger partial charge in [-0.15, -0.1) is 0 Å². The van der Waals surface area contributed by atoms with Crippen LogP contribution in [0.4, 0.5) is 0 Å². The van der Waals surface area contributed by atoms with E-state index >= 15 is 0 Å². The third kappa shape index (κ3) is 4.56. The topological polar surface area (TPSA) is 109 Å². The molecule has 0 radical (unpaired) electrons. The molecule has 1 heterocycles. The smallest absolute Gasteiger partial charge is 0.336 e. The molecule has 28 heavy (non-hydrogen) atoms. The maximum Gasteiger partial charge on any atom is 0.336 e. The molecule has 3 aromatic rings. The Morgan fingerprint density at radius 1 is 1.14 bits per heavy atom. The quantitative estimate of drug-likeness (QED) is 0.622. The number of ether oxygens (including phenoxy) is 1. The lowest BCUT2D eigenvalue weighted by Crippen LogP contribution is -2.38. The fraction of sp³-hybridized carbons (Fsp3) is 0.190. The van der Waals surface area contributed by atoms with Crippen LogP contribution in [-0.2, 0) is 9.59 Å². The first-order valence-corrected chi connectivity index (χ1v) is 8.71. The van der Waals surface area contributed by atoms with E-state index in [9.17, 15) is 19.5 Å². The molecule has 1 atom stereocenters. The molecule has 7 nitrogen and oxygen atoms in total. The summed E-state index contributed by atoms with van der Waals surface area (Å²) in [6.07, 6.45) is -1.13. The summed E-state index contributed by atoms with van der Waals surface area (Å²) in [7, 11) is 0. The van der Waals surface area contributed by atoms with Gasteiger partial charge in [0.2, 0.25) is 0 Å². The first-order chi connectivity index (χ1) is 13.4. The Morgan fingerprint density at radius 3 is 2.61 bits per heavy atom. The van der Waals surface area contributed by atoms with Crippen molar-refractivity contribution in [3.8, 4) is 16.9 Å². The van der Waals surface area contributed by atoms with Gasteiger partial charge < -0.3 is 24.4 Å². The molecule has 0 aliphatic carbocycles. The summed E-state index contributed by atoms with van der Waals surface area (Å²) < 4.78 is 10.9. The molecule has 144 valence electrons. The molecule has 0 saturated heterocycles. The molecular weight excluding hydrogens is 362 g/mol. The fourth-order valence-corrected chi connectivity index (χ4v) is 2.76. The van der Waals surface area contributed by atoms with Crippen molar-refractivity contribution < 1.29 is 23.8 Å². The van der Waals surface area contributed by atoms with Crippen molar-refractivity contribution in [1.29, 1.82) is 0 Å². The first kappa shape index (κ1) is 19.2. The second-order valence-corrected chi connectivity index (χ2v) is 6.18. The standard InChI is InChI=1S/C21H19NO6/c1-13(21(26)22-10-9-19(23)24)27-15-7-8-16-17(14-5-3-2-4-6-14)12-20(25)28-18(16)11-15/h2-8,11-13H,9-10H2,1H3,(H,22,26)(H,23,24)/p-1/t13-/m0/s1. The number of hydrogen-bond donors (Lipinski definition) is 1. The fourth-order valence-electron chi connectivity index (χ4n) is 2.76. The summed E-state index contributed by atoms with van der Waals surface area (Å²) >= 11 is 0. The highest BCUT2D eigenvalue weighted by molar-refractivity contribution is 5.93. The zero-order chi connectivity index (χ0) is 20.1. The number of hydrogen-bond acceptors (Lipinski definition) is 6. The van der Waals surface area contributed by atoms with Gasteiger partial charge in [-0.1, -0.05) is 30.3 Å². The van der Waals surface area contributed by atoms with Crippen LogP contribution in [0.1, 0.15) is 13.3 Å². The number of benzene rings is 2. The minimum absolute atomic E-state index is 0.0398. The summed E-state index contributed by atoms with van der Waals surface area (Å²) in [6, 6.07) is 15.9. The predicted octanol–water partition coefficient (Wildman–Crippen LogP) is 1.48. The van der Waals surface area contributed by atoms with Crippen LogP contribution in [-0.4, -0.2) is 24.5 Å². The number of rotatable bonds is 7. The highest BCUT2D eigenvalue weighted by atomic mass is 16.5. The van der Waals surface area contributed by atoms with Crippen LogP contribution < -0.4 is 20.8 Å². The van der Waals surface area contributed by atoms with Crippen LogP contribution in [0.5, 0.6) is 5.75 Å². The maximum absolute atomic E-state index is 12.0. The number of fused-ring (bicyclic) bond motifs is 1. The summed E-state index contributed by atoms with van der Waals surface area (Å²) in [4.78, 5) is 34.3. The van der Waals surface area contributed by atoms with Gasteiger partial charge in [0, 0.05) is 36.5 Å². The van der Waals surface area contributed by atoms with Crippen molar-refractivity contribution in [2.75, 3.05) is 6.54 Å². The van der Waals surface area contributed by atoms with Crippen LogP contribution >= 0.6 is 0 Å². The van der Waals surface area contributed by atoms with Crippen molar-refractivity contribution in [2.45, 2.75) is 19.4 Å². The number of nitrogens with one attached hydrogen (secondary N) is 1. The average molecular weight is 380 g/mol. The Hall–Kier alpha value is -3.61. The minimum atomic E-state index is -1.24. The Morgan fingerprint density at radius 2 is 1.89 bits per heavy atom. The minimum Gasteiger partial charge on any atom is -0.550 e. The summed E-state index contributed by atoms with van der Waals surface area (Å²) in [5.74, 6) is -1.35. The molecule has 1 amide bonds. The number of aliphatic carboxylic acids is 1. The van der Waals surface area contributed by atoms with Gasteiger partial charge in [0.25, 0.3) is 5.91 Å². The third-order valence-electron chi connectivity index (χ3n) is 4.11. The van der Waals surface area contributed by atoms with Gasteiger partial charge >= 0.3 is 5.63 Å². The number of carboxylic acid groups (broad SMARTS) is 1. The molecule has 2 aromatic carbocycles. The van der Waals surface area contributed by atoms with E-state index in [1.165, 1.54) is 13.0 Å². The number of amides is 1. The molecule has 0 saturated carbocycles. The highest BCUT2D eigenvalue weighted by Gasteiger charge is 2.15. The van der Waals surface area contributed by atoms with Crippen LogP contribution in [0.15, 0.2) is 63.8 Å². The Kier molecular flexibility index (Phi) is 5.74. The monoisotopic (exact) mass is 380 g/mol. The van der Waals surface area contributed by atoms with E-state index in [4.69, 9.17) is 9.15 Å². The van der Waals surface area contributed by atoms with Gasteiger partial charge in [0.15, 0.2) is 6.10 Å². The largest absolute Gasteiger partial charge is 0.550 e. The van der Waals surface area contributed by atoms with E-state index in [0.29, 0.717) is 11.3 Å². The van der Waals surface area contributed by atoms with Crippen molar-refractivity contribution in [3.63, 3.8) is 0 Å². The van der Waals surface area contributed by atoms with Crippen molar-refractivity contribution in [2.24, 2.45) is 0 Å². The van der Waals surface area contributed by atoms with E-state index in [1.54, 1.807) is 18.2 Å². The molecule has 0 spiro atoms. The Bertz CT molecular complexity index is 1060. The van der Waals surface area contributed by atoms with Crippen LogP contribution in [0.2, 0.25) is 0 Å². The van der Waals surface area contributed by atoms with Crippen molar-refractivity contribution in [1.82, 2.24) is 5.32 Å². The predicted molar refractivity (Wildman–Crippen MR) is 101 cm³/mol. The van der Waals surface area contributed by atoms with Crippen LogP contribution in [0.25, 0.3) is 22.1 Å². The molecule has 1 aromatic heterocycles. The SMILES string of the molecule is C[C@H](Oc1ccc2c(-c3ccccc3)cc(=O)oc2c1)C(=O)NCCC(=O)[O-].